The lowest BCUT2D eigenvalue weighted by Crippen LogP contribution is -2.31. The Morgan fingerprint density at radius 2 is 1.79 bits per heavy atom. The molecule has 28 heavy (non-hydrogen) atoms. The van der Waals surface area contributed by atoms with Gasteiger partial charge in [0.25, 0.3) is 5.91 Å². The van der Waals surface area contributed by atoms with E-state index in [1.54, 1.807) is 48.5 Å². The van der Waals surface area contributed by atoms with Gasteiger partial charge >= 0.3 is 0 Å². The van der Waals surface area contributed by atoms with Gasteiger partial charge in [-0.15, -0.1) is 0 Å². The zero-order valence-electron chi connectivity index (χ0n) is 14.2. The summed E-state index contributed by atoms with van der Waals surface area (Å²) in [5.74, 6) is -1.20. The molecule has 1 fully saturated rings. The highest BCUT2D eigenvalue weighted by molar-refractivity contribution is 8.05. The van der Waals surface area contributed by atoms with Crippen LogP contribution in [0.5, 0.6) is 0 Å². The van der Waals surface area contributed by atoms with Crippen molar-refractivity contribution in [2.24, 2.45) is 5.73 Å². The molecule has 1 saturated heterocycles. The Morgan fingerprint density at radius 1 is 1.14 bits per heavy atom. The summed E-state index contributed by atoms with van der Waals surface area (Å²) in [6, 6.07) is 13.3. The number of nitrogens with two attached hydrogens (primary N) is 1. The van der Waals surface area contributed by atoms with Crippen molar-refractivity contribution in [3.05, 3.63) is 73.7 Å². The van der Waals surface area contributed by atoms with Crippen molar-refractivity contribution in [2.75, 3.05) is 4.90 Å². The zero-order chi connectivity index (χ0) is 20.4. The number of amides is 2. The molecule has 0 bridgehead atoms. The van der Waals surface area contributed by atoms with Crippen molar-refractivity contribution >= 4 is 64.1 Å². The Kier molecular flexibility index (Phi) is 6.21. The molecule has 2 aromatic rings. The molecule has 2 N–H and O–H groups in total. The normalized spacial score (nSPS) is 18.1. The first kappa shape index (κ1) is 20.6. The fraction of sp³-hybridized carbons (Fsp3) is 0.105. The lowest BCUT2D eigenvalue weighted by atomic mass is 10.1. The molecular weight excluding hydrogens is 441 g/mol. The lowest BCUT2D eigenvalue weighted by Gasteiger charge is -2.18. The number of hydrogen-bond acceptors (Lipinski definition) is 4. The van der Waals surface area contributed by atoms with Crippen LogP contribution in [0.4, 0.5) is 5.69 Å². The van der Waals surface area contributed by atoms with Gasteiger partial charge < -0.3 is 5.73 Å². The van der Waals surface area contributed by atoms with Crippen molar-refractivity contribution in [1.29, 1.82) is 5.26 Å². The smallest absolute Gasteiger partial charge is 0.262 e. The summed E-state index contributed by atoms with van der Waals surface area (Å²) < 4.78 is 0. The van der Waals surface area contributed by atoms with Gasteiger partial charge in [0.1, 0.15) is 16.7 Å². The van der Waals surface area contributed by atoms with E-state index in [4.69, 9.17) is 40.5 Å². The molecule has 142 valence electrons. The van der Waals surface area contributed by atoms with Crippen molar-refractivity contribution in [2.45, 2.75) is 11.7 Å². The minimum Gasteiger partial charge on any atom is -0.365 e. The first-order valence-corrected chi connectivity index (χ1v) is 9.97. The van der Waals surface area contributed by atoms with Gasteiger partial charge in [0, 0.05) is 20.8 Å². The summed E-state index contributed by atoms with van der Waals surface area (Å²) in [6.45, 7) is 0. The maximum absolute atomic E-state index is 13.1. The number of anilines is 1. The minimum absolute atomic E-state index is 0.186. The molecule has 2 aromatic carbocycles. The molecule has 1 aliphatic heterocycles. The van der Waals surface area contributed by atoms with E-state index in [1.807, 2.05) is 0 Å². The molecule has 0 aromatic heterocycles. The fourth-order valence-electron chi connectivity index (χ4n) is 2.72. The van der Waals surface area contributed by atoms with Gasteiger partial charge in [-0.05, 0) is 54.4 Å². The molecule has 1 aliphatic rings. The number of thioether (sulfide) groups is 1. The third kappa shape index (κ3) is 4.13. The summed E-state index contributed by atoms with van der Waals surface area (Å²) in [5, 5.41) is 10.4. The van der Waals surface area contributed by atoms with Gasteiger partial charge in [0.15, 0.2) is 0 Å². The SMILES string of the molecule is N#CC(C(N)=O)=C1SC(Cc2cc(Cl)ccc2Cl)C(=O)N1c1ccc(Cl)cc1. The van der Waals surface area contributed by atoms with Gasteiger partial charge in [-0.25, -0.2) is 0 Å². The van der Waals surface area contributed by atoms with Gasteiger partial charge in [-0.2, -0.15) is 5.26 Å². The highest BCUT2D eigenvalue weighted by atomic mass is 35.5. The number of rotatable bonds is 4. The number of carbonyl (C=O) groups is 2. The van der Waals surface area contributed by atoms with Crippen molar-refractivity contribution in [3.63, 3.8) is 0 Å². The predicted molar refractivity (Wildman–Crippen MR) is 112 cm³/mol. The van der Waals surface area contributed by atoms with E-state index in [1.165, 1.54) is 4.90 Å². The van der Waals surface area contributed by atoms with E-state index in [9.17, 15) is 14.9 Å². The predicted octanol–water partition coefficient (Wildman–Crippen LogP) is 4.56. The summed E-state index contributed by atoms with van der Waals surface area (Å²) in [5.41, 5.74) is 6.23. The van der Waals surface area contributed by atoms with Crippen LogP contribution in [0.25, 0.3) is 0 Å². The third-order valence-corrected chi connectivity index (χ3v) is 6.14. The topological polar surface area (TPSA) is 87.2 Å². The summed E-state index contributed by atoms with van der Waals surface area (Å²) in [7, 11) is 0. The quantitative estimate of drug-likeness (QED) is 0.544. The molecule has 1 atom stereocenters. The van der Waals surface area contributed by atoms with Gasteiger partial charge in [-0.3, -0.25) is 14.5 Å². The third-order valence-electron chi connectivity index (χ3n) is 4.02. The summed E-state index contributed by atoms with van der Waals surface area (Å²) in [6.07, 6.45) is 0.272. The van der Waals surface area contributed by atoms with Crippen LogP contribution in [0.15, 0.2) is 53.1 Å². The first-order chi connectivity index (χ1) is 13.3. The second kappa shape index (κ2) is 8.46. The summed E-state index contributed by atoms with van der Waals surface area (Å²) in [4.78, 5) is 26.2. The molecule has 3 rings (SSSR count). The number of hydrogen-bond donors (Lipinski definition) is 1. The van der Waals surface area contributed by atoms with Crippen LogP contribution < -0.4 is 10.6 Å². The van der Waals surface area contributed by atoms with Crippen LogP contribution in [-0.2, 0) is 16.0 Å². The molecule has 5 nitrogen and oxygen atoms in total. The van der Waals surface area contributed by atoms with Crippen LogP contribution in [0.2, 0.25) is 15.1 Å². The number of halogens is 3. The zero-order valence-corrected chi connectivity index (χ0v) is 17.2. The number of carbonyl (C=O) groups excluding carboxylic acids is 2. The van der Waals surface area contributed by atoms with E-state index in [0.717, 1.165) is 11.8 Å². The maximum Gasteiger partial charge on any atom is 0.262 e. The fourth-order valence-corrected chi connectivity index (χ4v) is 4.54. The van der Waals surface area contributed by atoms with E-state index < -0.39 is 11.2 Å². The Balaban J connectivity index is 2.05. The van der Waals surface area contributed by atoms with Crippen molar-refractivity contribution < 1.29 is 9.59 Å². The van der Waals surface area contributed by atoms with E-state index >= 15 is 0 Å². The molecule has 2 amide bonds. The first-order valence-electron chi connectivity index (χ1n) is 7.96. The molecular formula is C19H12Cl3N3O2S. The van der Waals surface area contributed by atoms with Gasteiger partial charge in [0.05, 0.1) is 5.25 Å². The van der Waals surface area contributed by atoms with Crippen LogP contribution >= 0.6 is 46.6 Å². The van der Waals surface area contributed by atoms with Crippen LogP contribution in [-0.4, -0.2) is 17.1 Å². The Bertz CT molecular complexity index is 1030. The van der Waals surface area contributed by atoms with E-state index in [0.29, 0.717) is 26.3 Å². The van der Waals surface area contributed by atoms with Gasteiger partial charge in [0.2, 0.25) is 5.91 Å². The number of nitrogens with zero attached hydrogens (tertiary/aromatic N) is 2. The number of nitriles is 1. The highest BCUT2D eigenvalue weighted by Gasteiger charge is 2.40. The minimum atomic E-state index is -0.904. The van der Waals surface area contributed by atoms with Crippen molar-refractivity contribution in [3.8, 4) is 6.07 Å². The largest absolute Gasteiger partial charge is 0.365 e. The number of primary amides is 1. The van der Waals surface area contributed by atoms with E-state index in [2.05, 4.69) is 0 Å². The number of benzene rings is 2. The second-order valence-electron chi connectivity index (χ2n) is 5.85. The van der Waals surface area contributed by atoms with Crippen LogP contribution in [0.1, 0.15) is 5.56 Å². The second-order valence-corrected chi connectivity index (χ2v) is 8.32. The lowest BCUT2D eigenvalue weighted by molar-refractivity contribution is -0.117. The average molecular weight is 453 g/mol. The molecule has 9 heteroatoms. The molecule has 0 spiro atoms. The molecule has 0 radical (unpaired) electrons. The monoisotopic (exact) mass is 451 g/mol. The molecule has 1 heterocycles. The van der Waals surface area contributed by atoms with Crippen LogP contribution in [0.3, 0.4) is 0 Å². The van der Waals surface area contributed by atoms with Crippen LogP contribution in [0, 0.1) is 11.3 Å². The Hall–Kier alpha value is -2.17. The van der Waals surface area contributed by atoms with Gasteiger partial charge in [-0.1, -0.05) is 46.6 Å². The molecule has 0 aliphatic carbocycles. The maximum atomic E-state index is 13.1. The molecule has 0 saturated carbocycles. The van der Waals surface area contributed by atoms with Crippen molar-refractivity contribution in [1.82, 2.24) is 0 Å². The van der Waals surface area contributed by atoms with E-state index in [-0.39, 0.29) is 22.9 Å². The highest BCUT2D eigenvalue weighted by Crippen LogP contribution is 2.42. The molecule has 1 unspecified atom stereocenters. The Morgan fingerprint density at radius 3 is 2.39 bits per heavy atom. The Labute approximate surface area is 180 Å². The standard InChI is InChI=1S/C19H12Cl3N3O2S/c20-11-1-4-13(5-2-11)25-18(27)16(28-19(25)14(9-23)17(24)26)8-10-7-12(21)3-6-15(10)22/h1-7,16H,8H2,(H2,24,26). The average Bonchev–Trinajstić information content (AvgIpc) is 2.95. The summed E-state index contributed by atoms with van der Waals surface area (Å²) >= 11 is 19.3.